The Morgan fingerprint density at radius 2 is 1.75 bits per heavy atom. The van der Waals surface area contributed by atoms with Gasteiger partial charge in [-0.25, -0.2) is 0 Å². The van der Waals surface area contributed by atoms with Crippen molar-refractivity contribution in [2.24, 2.45) is 0 Å². The van der Waals surface area contributed by atoms with Gasteiger partial charge in [-0.3, -0.25) is 4.90 Å². The molecule has 0 aliphatic carbocycles. The summed E-state index contributed by atoms with van der Waals surface area (Å²) in [5.41, 5.74) is 3.81. The van der Waals surface area contributed by atoms with Crippen LogP contribution in [0, 0.1) is 0 Å². The predicted octanol–water partition coefficient (Wildman–Crippen LogP) is 3.69. The van der Waals surface area contributed by atoms with E-state index in [9.17, 15) is 0 Å². The second kappa shape index (κ2) is 7.44. The minimum absolute atomic E-state index is 0.836. The molecule has 0 radical (unpaired) electrons. The summed E-state index contributed by atoms with van der Waals surface area (Å²) in [7, 11) is 4.09. The second-order valence-corrected chi connectivity index (χ2v) is 5.52. The van der Waals surface area contributed by atoms with Crippen LogP contribution in [0.5, 0.6) is 0 Å². The van der Waals surface area contributed by atoms with Crippen LogP contribution in [0.15, 0.2) is 48.5 Å². The smallest absolute Gasteiger partial charge is 0.0451 e. The van der Waals surface area contributed by atoms with Crippen LogP contribution in [-0.4, -0.2) is 19.0 Å². The topological polar surface area (TPSA) is 15.3 Å². The molecule has 3 heteroatoms. The molecule has 2 nitrogen and oxygen atoms in total. The summed E-state index contributed by atoms with van der Waals surface area (Å²) in [6.07, 6.45) is 0. The molecule has 0 heterocycles. The third kappa shape index (κ3) is 4.34. The Bertz CT molecular complexity index is 554. The average Bonchev–Trinajstić information content (AvgIpc) is 2.42. The number of hydrogen-bond donors (Lipinski definition) is 1. The van der Waals surface area contributed by atoms with E-state index in [0.717, 1.165) is 24.7 Å². The molecule has 0 spiro atoms. The first-order valence-corrected chi connectivity index (χ1v) is 7.21. The largest absolute Gasteiger partial charge is 0.316 e. The monoisotopic (exact) mass is 288 g/mol. The molecule has 0 atom stereocenters. The maximum Gasteiger partial charge on any atom is 0.0451 e. The SMILES string of the molecule is CNCc1cccc(CN(C)Cc2ccccc2Cl)c1. The molecule has 106 valence electrons. The standard InChI is InChI=1S/C17H21ClN2/c1-19-11-14-6-5-7-15(10-14)12-20(2)13-16-8-3-4-9-17(16)18/h3-10,19H,11-13H2,1-2H3. The fraction of sp³-hybridized carbons (Fsp3) is 0.294. The van der Waals surface area contributed by atoms with Crippen molar-refractivity contribution < 1.29 is 0 Å². The van der Waals surface area contributed by atoms with Crippen LogP contribution in [-0.2, 0) is 19.6 Å². The van der Waals surface area contributed by atoms with Crippen LogP contribution in [0.2, 0.25) is 5.02 Å². The van der Waals surface area contributed by atoms with Crippen LogP contribution >= 0.6 is 11.6 Å². The molecule has 0 aliphatic heterocycles. The van der Waals surface area contributed by atoms with E-state index in [1.165, 1.54) is 16.7 Å². The van der Waals surface area contributed by atoms with Crippen LogP contribution in [0.25, 0.3) is 0 Å². The number of hydrogen-bond acceptors (Lipinski definition) is 2. The number of rotatable bonds is 6. The molecule has 2 rings (SSSR count). The predicted molar refractivity (Wildman–Crippen MR) is 85.8 cm³/mol. The zero-order valence-corrected chi connectivity index (χ0v) is 12.8. The van der Waals surface area contributed by atoms with Gasteiger partial charge >= 0.3 is 0 Å². The van der Waals surface area contributed by atoms with E-state index in [-0.39, 0.29) is 0 Å². The molecule has 0 saturated carbocycles. The minimum atomic E-state index is 0.836. The summed E-state index contributed by atoms with van der Waals surface area (Å²) >= 11 is 6.20. The van der Waals surface area contributed by atoms with Crippen molar-refractivity contribution in [1.29, 1.82) is 0 Å². The van der Waals surface area contributed by atoms with Crippen LogP contribution in [0.3, 0.4) is 0 Å². The Balaban J connectivity index is 1.99. The van der Waals surface area contributed by atoms with E-state index < -0.39 is 0 Å². The summed E-state index contributed by atoms with van der Waals surface area (Å²) in [6.45, 7) is 2.68. The molecular formula is C17H21ClN2. The quantitative estimate of drug-likeness (QED) is 0.872. The first-order valence-electron chi connectivity index (χ1n) is 6.83. The molecule has 20 heavy (non-hydrogen) atoms. The van der Waals surface area contributed by atoms with Crippen molar-refractivity contribution in [3.63, 3.8) is 0 Å². The van der Waals surface area contributed by atoms with Crippen molar-refractivity contribution in [2.45, 2.75) is 19.6 Å². The molecule has 1 N–H and O–H groups in total. The van der Waals surface area contributed by atoms with Gasteiger partial charge in [-0.2, -0.15) is 0 Å². The van der Waals surface area contributed by atoms with Gasteiger partial charge in [-0.05, 0) is 36.9 Å². The summed E-state index contributed by atoms with van der Waals surface area (Å²) in [6, 6.07) is 16.7. The van der Waals surface area contributed by atoms with Gasteiger partial charge in [-0.15, -0.1) is 0 Å². The zero-order valence-electron chi connectivity index (χ0n) is 12.1. The van der Waals surface area contributed by atoms with Gasteiger partial charge in [0, 0.05) is 24.7 Å². The van der Waals surface area contributed by atoms with Crippen molar-refractivity contribution in [3.05, 3.63) is 70.2 Å². The van der Waals surface area contributed by atoms with Crippen molar-refractivity contribution in [2.75, 3.05) is 14.1 Å². The number of nitrogens with zero attached hydrogens (tertiary/aromatic N) is 1. The Morgan fingerprint density at radius 1 is 1.00 bits per heavy atom. The maximum absolute atomic E-state index is 6.20. The third-order valence-corrected chi connectivity index (χ3v) is 3.59. The van der Waals surface area contributed by atoms with E-state index >= 15 is 0 Å². The Kier molecular flexibility index (Phi) is 5.60. The molecule has 2 aromatic carbocycles. The highest BCUT2D eigenvalue weighted by atomic mass is 35.5. The Morgan fingerprint density at radius 3 is 2.50 bits per heavy atom. The number of nitrogens with one attached hydrogen (secondary N) is 1. The van der Waals surface area contributed by atoms with Crippen LogP contribution < -0.4 is 5.32 Å². The second-order valence-electron chi connectivity index (χ2n) is 5.11. The summed E-state index contributed by atoms with van der Waals surface area (Å²) in [4.78, 5) is 2.28. The first-order chi connectivity index (χ1) is 9.69. The van der Waals surface area contributed by atoms with E-state index in [2.05, 4.69) is 47.6 Å². The third-order valence-electron chi connectivity index (χ3n) is 3.22. The maximum atomic E-state index is 6.20. The lowest BCUT2D eigenvalue weighted by Crippen LogP contribution is -2.17. The van der Waals surface area contributed by atoms with Gasteiger partial charge in [0.05, 0.1) is 0 Å². The molecule has 0 aromatic heterocycles. The lowest BCUT2D eigenvalue weighted by molar-refractivity contribution is 0.319. The normalized spacial score (nSPS) is 11.0. The Hall–Kier alpha value is -1.35. The van der Waals surface area contributed by atoms with Crippen molar-refractivity contribution in [3.8, 4) is 0 Å². The van der Waals surface area contributed by atoms with E-state index in [0.29, 0.717) is 0 Å². The molecule has 0 bridgehead atoms. The molecule has 0 fully saturated rings. The van der Waals surface area contributed by atoms with Gasteiger partial charge in [-0.1, -0.05) is 54.1 Å². The highest BCUT2D eigenvalue weighted by Crippen LogP contribution is 2.17. The zero-order chi connectivity index (χ0) is 14.4. The number of benzene rings is 2. The van der Waals surface area contributed by atoms with Gasteiger partial charge < -0.3 is 5.32 Å². The molecule has 0 saturated heterocycles. The molecular weight excluding hydrogens is 268 g/mol. The number of halogens is 1. The van der Waals surface area contributed by atoms with Crippen LogP contribution in [0.4, 0.5) is 0 Å². The fourth-order valence-corrected chi connectivity index (χ4v) is 2.52. The minimum Gasteiger partial charge on any atom is -0.316 e. The summed E-state index contributed by atoms with van der Waals surface area (Å²) in [5.74, 6) is 0. The Labute approximate surface area is 126 Å². The lowest BCUT2D eigenvalue weighted by atomic mass is 10.1. The summed E-state index contributed by atoms with van der Waals surface area (Å²) in [5, 5.41) is 4.02. The summed E-state index contributed by atoms with van der Waals surface area (Å²) < 4.78 is 0. The van der Waals surface area contributed by atoms with Crippen LogP contribution in [0.1, 0.15) is 16.7 Å². The molecule has 0 aliphatic rings. The van der Waals surface area contributed by atoms with Gasteiger partial charge in [0.15, 0.2) is 0 Å². The lowest BCUT2D eigenvalue weighted by Gasteiger charge is -2.18. The van der Waals surface area contributed by atoms with Crippen molar-refractivity contribution >= 4 is 11.6 Å². The molecule has 0 unspecified atom stereocenters. The van der Waals surface area contributed by atoms with E-state index in [4.69, 9.17) is 11.6 Å². The van der Waals surface area contributed by atoms with Gasteiger partial charge in [0.25, 0.3) is 0 Å². The van der Waals surface area contributed by atoms with E-state index in [1.807, 2.05) is 25.2 Å². The van der Waals surface area contributed by atoms with Gasteiger partial charge in [0.2, 0.25) is 0 Å². The highest BCUT2D eigenvalue weighted by Gasteiger charge is 2.05. The first kappa shape index (κ1) is 15.0. The van der Waals surface area contributed by atoms with Gasteiger partial charge in [0.1, 0.15) is 0 Å². The molecule has 0 amide bonds. The average molecular weight is 289 g/mol. The highest BCUT2D eigenvalue weighted by molar-refractivity contribution is 6.31. The van der Waals surface area contributed by atoms with Crippen molar-refractivity contribution in [1.82, 2.24) is 10.2 Å². The fourth-order valence-electron chi connectivity index (χ4n) is 2.33. The molecule has 2 aromatic rings. The van der Waals surface area contributed by atoms with E-state index in [1.54, 1.807) is 0 Å².